The molecule has 1 unspecified atom stereocenters. The minimum Gasteiger partial charge on any atom is -0.374 e. The highest BCUT2D eigenvalue weighted by Crippen LogP contribution is 2.27. The fraction of sp³-hybridized carbons (Fsp3) is 0.188. The first kappa shape index (κ1) is 13.9. The summed E-state index contributed by atoms with van der Waals surface area (Å²) in [4.78, 5) is 4.62. The Morgan fingerprint density at radius 1 is 1.24 bits per heavy atom. The molecule has 1 N–H and O–H groups in total. The van der Waals surface area contributed by atoms with Crippen LogP contribution in [-0.2, 0) is 7.05 Å². The molecule has 0 spiro atoms. The minimum atomic E-state index is -0.320. The van der Waals surface area contributed by atoms with Gasteiger partial charge >= 0.3 is 0 Å². The van der Waals surface area contributed by atoms with Gasteiger partial charge in [0.15, 0.2) is 0 Å². The molecule has 1 atom stereocenters. The first-order valence-electron chi connectivity index (χ1n) is 6.69. The van der Waals surface area contributed by atoms with Crippen molar-refractivity contribution in [2.75, 3.05) is 5.32 Å². The second kappa shape index (κ2) is 5.37. The molecule has 0 radical (unpaired) electrons. The average Bonchev–Trinajstić information content (AvgIpc) is 2.81. The molecule has 2 aromatic carbocycles. The molecule has 3 nitrogen and oxygen atoms in total. The van der Waals surface area contributed by atoms with Crippen LogP contribution in [0.4, 0.5) is 10.1 Å². The second-order valence-corrected chi connectivity index (χ2v) is 5.42. The lowest BCUT2D eigenvalue weighted by atomic mass is 10.2. The average molecular weight is 304 g/mol. The van der Waals surface area contributed by atoms with Gasteiger partial charge in [0.25, 0.3) is 0 Å². The summed E-state index contributed by atoms with van der Waals surface area (Å²) in [5, 5.41) is 3.70. The molecule has 1 heterocycles. The number of rotatable bonds is 3. The SMILES string of the molecule is CC(Nc1cc(F)ccc1Cl)c1nc2ccccc2n1C. The van der Waals surface area contributed by atoms with Crippen molar-refractivity contribution in [1.82, 2.24) is 9.55 Å². The van der Waals surface area contributed by atoms with Crippen molar-refractivity contribution in [3.8, 4) is 0 Å². The number of para-hydroxylation sites is 2. The molecule has 1 aromatic heterocycles. The number of hydrogen-bond acceptors (Lipinski definition) is 2. The highest BCUT2D eigenvalue weighted by Gasteiger charge is 2.15. The summed E-state index contributed by atoms with van der Waals surface area (Å²) in [6, 6.07) is 12.1. The van der Waals surface area contributed by atoms with Gasteiger partial charge in [-0.25, -0.2) is 9.37 Å². The molecule has 0 aliphatic carbocycles. The van der Waals surface area contributed by atoms with E-state index >= 15 is 0 Å². The fourth-order valence-corrected chi connectivity index (χ4v) is 2.63. The van der Waals surface area contributed by atoms with Gasteiger partial charge in [-0.1, -0.05) is 23.7 Å². The van der Waals surface area contributed by atoms with Crippen molar-refractivity contribution in [3.05, 3.63) is 59.1 Å². The highest BCUT2D eigenvalue weighted by molar-refractivity contribution is 6.33. The molecule has 0 amide bonds. The summed E-state index contributed by atoms with van der Waals surface area (Å²) in [6.45, 7) is 1.97. The molecular formula is C16H15ClFN3. The fourth-order valence-electron chi connectivity index (χ4n) is 2.46. The van der Waals surface area contributed by atoms with Gasteiger partial charge in [0.2, 0.25) is 0 Å². The standard InChI is InChI=1S/C16H15ClFN3/c1-10(19-14-9-11(18)7-8-12(14)17)16-20-13-5-3-4-6-15(13)21(16)2/h3-10,19H,1-2H3. The van der Waals surface area contributed by atoms with Gasteiger partial charge in [-0.2, -0.15) is 0 Å². The van der Waals surface area contributed by atoms with E-state index in [1.165, 1.54) is 12.1 Å². The number of aromatic nitrogens is 2. The number of fused-ring (bicyclic) bond motifs is 1. The van der Waals surface area contributed by atoms with Crippen LogP contribution in [0.1, 0.15) is 18.8 Å². The Balaban J connectivity index is 1.95. The molecule has 21 heavy (non-hydrogen) atoms. The Morgan fingerprint density at radius 2 is 2.00 bits per heavy atom. The maximum atomic E-state index is 13.3. The van der Waals surface area contributed by atoms with Crippen LogP contribution in [0, 0.1) is 5.82 Å². The number of imidazole rings is 1. The van der Waals surface area contributed by atoms with E-state index in [0.717, 1.165) is 16.9 Å². The summed E-state index contributed by atoms with van der Waals surface area (Å²) in [5.74, 6) is 0.552. The van der Waals surface area contributed by atoms with Crippen LogP contribution in [0.2, 0.25) is 5.02 Å². The number of anilines is 1. The van der Waals surface area contributed by atoms with E-state index in [1.54, 1.807) is 6.07 Å². The summed E-state index contributed by atoms with van der Waals surface area (Å²) >= 11 is 6.09. The minimum absolute atomic E-state index is 0.0956. The Kier molecular flexibility index (Phi) is 3.55. The van der Waals surface area contributed by atoms with Crippen LogP contribution in [0.15, 0.2) is 42.5 Å². The highest BCUT2D eigenvalue weighted by atomic mass is 35.5. The summed E-state index contributed by atoms with van der Waals surface area (Å²) < 4.78 is 15.4. The lowest BCUT2D eigenvalue weighted by molar-refractivity contribution is 0.627. The third-order valence-corrected chi connectivity index (χ3v) is 3.84. The lowest BCUT2D eigenvalue weighted by Gasteiger charge is -2.16. The maximum Gasteiger partial charge on any atom is 0.131 e. The van der Waals surface area contributed by atoms with Crippen LogP contribution in [0.3, 0.4) is 0 Å². The normalized spacial score (nSPS) is 12.6. The topological polar surface area (TPSA) is 29.9 Å². The van der Waals surface area contributed by atoms with Crippen molar-refractivity contribution >= 4 is 28.3 Å². The molecule has 0 aliphatic heterocycles. The molecule has 0 aliphatic rings. The summed E-state index contributed by atoms with van der Waals surface area (Å²) in [7, 11) is 1.97. The number of hydrogen-bond donors (Lipinski definition) is 1. The monoisotopic (exact) mass is 303 g/mol. The van der Waals surface area contributed by atoms with E-state index in [1.807, 2.05) is 42.8 Å². The van der Waals surface area contributed by atoms with Gasteiger partial charge in [0.1, 0.15) is 11.6 Å². The third kappa shape index (κ3) is 2.59. The van der Waals surface area contributed by atoms with Crippen molar-refractivity contribution < 1.29 is 4.39 Å². The zero-order chi connectivity index (χ0) is 15.0. The first-order valence-corrected chi connectivity index (χ1v) is 7.07. The Hall–Kier alpha value is -2.07. The largest absolute Gasteiger partial charge is 0.374 e. The Labute approximate surface area is 127 Å². The first-order chi connectivity index (χ1) is 10.1. The predicted molar refractivity (Wildman–Crippen MR) is 84.2 cm³/mol. The molecule has 0 bridgehead atoms. The molecule has 5 heteroatoms. The van der Waals surface area contributed by atoms with Crippen LogP contribution < -0.4 is 5.32 Å². The van der Waals surface area contributed by atoms with Crippen molar-refractivity contribution in [2.45, 2.75) is 13.0 Å². The van der Waals surface area contributed by atoms with Crippen LogP contribution in [-0.4, -0.2) is 9.55 Å². The van der Waals surface area contributed by atoms with E-state index in [0.29, 0.717) is 10.7 Å². The molecule has 3 rings (SSSR count). The van der Waals surface area contributed by atoms with Crippen molar-refractivity contribution in [1.29, 1.82) is 0 Å². The zero-order valence-electron chi connectivity index (χ0n) is 11.8. The van der Waals surface area contributed by atoms with Gasteiger partial charge in [0.05, 0.1) is 27.8 Å². The second-order valence-electron chi connectivity index (χ2n) is 5.01. The van der Waals surface area contributed by atoms with Crippen LogP contribution in [0.25, 0.3) is 11.0 Å². The Bertz CT molecular complexity index is 797. The predicted octanol–water partition coefficient (Wildman–Crippen LogP) is 4.54. The van der Waals surface area contributed by atoms with Gasteiger partial charge < -0.3 is 9.88 Å². The van der Waals surface area contributed by atoms with E-state index in [-0.39, 0.29) is 11.9 Å². The molecule has 108 valence electrons. The summed E-state index contributed by atoms with van der Waals surface area (Å²) in [6.07, 6.45) is 0. The van der Waals surface area contributed by atoms with Gasteiger partial charge in [-0.15, -0.1) is 0 Å². The summed E-state index contributed by atoms with van der Waals surface area (Å²) in [5.41, 5.74) is 2.57. The van der Waals surface area contributed by atoms with Crippen molar-refractivity contribution in [3.63, 3.8) is 0 Å². The molecule has 0 saturated heterocycles. The number of benzene rings is 2. The van der Waals surface area contributed by atoms with E-state index in [2.05, 4.69) is 10.3 Å². The number of halogens is 2. The van der Waals surface area contributed by atoms with E-state index in [4.69, 9.17) is 11.6 Å². The van der Waals surface area contributed by atoms with Crippen LogP contribution in [0.5, 0.6) is 0 Å². The molecule has 3 aromatic rings. The quantitative estimate of drug-likeness (QED) is 0.770. The van der Waals surface area contributed by atoms with Gasteiger partial charge in [-0.3, -0.25) is 0 Å². The van der Waals surface area contributed by atoms with Gasteiger partial charge in [0, 0.05) is 7.05 Å². The molecule has 0 saturated carbocycles. The van der Waals surface area contributed by atoms with E-state index in [9.17, 15) is 4.39 Å². The number of aryl methyl sites for hydroxylation is 1. The Morgan fingerprint density at radius 3 is 2.76 bits per heavy atom. The third-order valence-electron chi connectivity index (χ3n) is 3.51. The van der Waals surface area contributed by atoms with Crippen LogP contribution >= 0.6 is 11.6 Å². The molecule has 0 fully saturated rings. The van der Waals surface area contributed by atoms with E-state index < -0.39 is 0 Å². The van der Waals surface area contributed by atoms with Gasteiger partial charge in [-0.05, 0) is 37.3 Å². The maximum absolute atomic E-state index is 13.3. The number of nitrogens with one attached hydrogen (secondary N) is 1. The number of nitrogens with zero attached hydrogens (tertiary/aromatic N) is 2. The van der Waals surface area contributed by atoms with Crippen molar-refractivity contribution in [2.24, 2.45) is 7.05 Å². The smallest absolute Gasteiger partial charge is 0.131 e. The lowest BCUT2D eigenvalue weighted by Crippen LogP contribution is -2.12. The zero-order valence-corrected chi connectivity index (χ0v) is 12.5. The molecular weight excluding hydrogens is 289 g/mol.